The van der Waals surface area contributed by atoms with Crippen LogP contribution in [0.25, 0.3) is 11.5 Å². The SMILES string of the molecule is COc1ccc(Nc2oc(-c3ccccc3)nc2S(=O)(=O)c2ccc3c(c2)OCCO3)cc1. The van der Waals surface area contributed by atoms with Gasteiger partial charge in [0.2, 0.25) is 26.6 Å². The number of oxazole rings is 1. The van der Waals surface area contributed by atoms with Crippen molar-refractivity contribution in [1.82, 2.24) is 4.98 Å². The van der Waals surface area contributed by atoms with Gasteiger partial charge in [0.1, 0.15) is 19.0 Å². The molecule has 0 aliphatic carbocycles. The lowest BCUT2D eigenvalue weighted by Crippen LogP contribution is -2.16. The molecule has 0 saturated carbocycles. The van der Waals surface area contributed by atoms with Crippen LogP contribution < -0.4 is 19.5 Å². The molecule has 0 unspecified atom stereocenters. The molecule has 0 bridgehead atoms. The van der Waals surface area contributed by atoms with Crippen LogP contribution in [0.4, 0.5) is 11.6 Å². The summed E-state index contributed by atoms with van der Waals surface area (Å²) in [6, 6.07) is 20.6. The van der Waals surface area contributed by atoms with Crippen molar-refractivity contribution in [3.05, 3.63) is 72.8 Å². The standard InChI is InChI=1S/C24H20N2O6S/c1-29-18-9-7-17(8-10-18)25-23-24(26-22(32-23)16-5-3-2-4-6-16)33(27,28)19-11-12-20-21(15-19)31-14-13-30-20/h2-12,15,25H,13-14H2,1H3. The zero-order chi connectivity index (χ0) is 22.8. The van der Waals surface area contributed by atoms with E-state index < -0.39 is 9.84 Å². The number of hydrogen-bond acceptors (Lipinski definition) is 8. The van der Waals surface area contributed by atoms with Crippen LogP contribution in [0.15, 0.2) is 87.1 Å². The predicted octanol–water partition coefficient (Wildman–Crippen LogP) is 4.70. The average Bonchev–Trinajstić information content (AvgIpc) is 3.29. The Kier molecular flexibility index (Phi) is 5.39. The quantitative estimate of drug-likeness (QED) is 0.438. The van der Waals surface area contributed by atoms with Gasteiger partial charge in [-0.3, -0.25) is 0 Å². The predicted molar refractivity (Wildman–Crippen MR) is 121 cm³/mol. The minimum absolute atomic E-state index is 0.00825. The lowest BCUT2D eigenvalue weighted by molar-refractivity contribution is 0.171. The molecule has 1 aliphatic rings. The summed E-state index contributed by atoms with van der Waals surface area (Å²) in [5, 5.41) is 2.80. The molecule has 1 N–H and O–H groups in total. The van der Waals surface area contributed by atoms with Crippen molar-refractivity contribution in [3.8, 4) is 28.7 Å². The molecular weight excluding hydrogens is 444 g/mol. The normalized spacial score (nSPS) is 12.9. The van der Waals surface area contributed by atoms with E-state index in [9.17, 15) is 8.42 Å². The molecule has 2 heterocycles. The minimum atomic E-state index is -4.05. The summed E-state index contributed by atoms with van der Waals surface area (Å²) < 4.78 is 49.3. The van der Waals surface area contributed by atoms with Gasteiger partial charge in [0.05, 0.1) is 12.0 Å². The molecule has 33 heavy (non-hydrogen) atoms. The van der Waals surface area contributed by atoms with Crippen molar-refractivity contribution in [3.63, 3.8) is 0 Å². The first-order valence-electron chi connectivity index (χ1n) is 10.2. The van der Waals surface area contributed by atoms with E-state index in [0.29, 0.717) is 41.7 Å². The third-order valence-corrected chi connectivity index (χ3v) is 6.70. The molecule has 0 amide bonds. The van der Waals surface area contributed by atoms with Crippen LogP contribution in [0.5, 0.6) is 17.2 Å². The Hall–Kier alpha value is -3.98. The number of ether oxygens (including phenoxy) is 3. The van der Waals surface area contributed by atoms with E-state index in [1.165, 1.54) is 12.1 Å². The molecule has 3 aromatic carbocycles. The van der Waals surface area contributed by atoms with Gasteiger partial charge in [-0.05, 0) is 48.5 Å². The molecule has 1 aromatic heterocycles. The molecule has 168 valence electrons. The summed E-state index contributed by atoms with van der Waals surface area (Å²) in [7, 11) is -2.48. The van der Waals surface area contributed by atoms with Crippen LogP contribution >= 0.6 is 0 Å². The van der Waals surface area contributed by atoms with Gasteiger partial charge in [-0.15, -0.1) is 0 Å². The molecule has 0 saturated heterocycles. The highest BCUT2D eigenvalue weighted by molar-refractivity contribution is 7.91. The second kappa shape index (κ2) is 8.51. The Bertz CT molecular complexity index is 1380. The van der Waals surface area contributed by atoms with Gasteiger partial charge in [-0.2, -0.15) is 4.98 Å². The van der Waals surface area contributed by atoms with Gasteiger partial charge in [-0.25, -0.2) is 8.42 Å². The number of benzene rings is 3. The van der Waals surface area contributed by atoms with Gasteiger partial charge < -0.3 is 23.9 Å². The zero-order valence-electron chi connectivity index (χ0n) is 17.6. The van der Waals surface area contributed by atoms with Crippen LogP contribution in [-0.2, 0) is 9.84 Å². The molecule has 1 aliphatic heterocycles. The van der Waals surface area contributed by atoms with E-state index in [-0.39, 0.29) is 21.7 Å². The van der Waals surface area contributed by atoms with Crippen molar-refractivity contribution >= 4 is 21.4 Å². The summed E-state index contributed by atoms with van der Waals surface area (Å²) in [6.07, 6.45) is 0. The molecule has 0 fully saturated rings. The molecule has 9 heteroatoms. The topological polar surface area (TPSA) is 99.9 Å². The highest BCUT2D eigenvalue weighted by Crippen LogP contribution is 2.38. The second-order valence-electron chi connectivity index (χ2n) is 7.18. The Labute approximate surface area is 190 Å². The number of methoxy groups -OCH3 is 1. The maximum absolute atomic E-state index is 13.6. The third kappa shape index (κ3) is 4.10. The van der Waals surface area contributed by atoms with Gasteiger partial charge in [0, 0.05) is 17.3 Å². The van der Waals surface area contributed by atoms with Crippen molar-refractivity contribution in [2.24, 2.45) is 0 Å². The number of hydrogen-bond donors (Lipinski definition) is 1. The molecule has 0 spiro atoms. The van der Waals surface area contributed by atoms with Crippen molar-refractivity contribution in [1.29, 1.82) is 0 Å². The number of nitrogens with one attached hydrogen (secondary N) is 1. The van der Waals surface area contributed by atoms with Crippen molar-refractivity contribution in [2.45, 2.75) is 9.92 Å². The summed E-state index contributed by atoms with van der Waals surface area (Å²) in [5.41, 5.74) is 1.27. The first-order chi connectivity index (χ1) is 16.0. The van der Waals surface area contributed by atoms with Crippen LogP contribution in [0.3, 0.4) is 0 Å². The lowest BCUT2D eigenvalue weighted by atomic mass is 10.2. The fourth-order valence-electron chi connectivity index (χ4n) is 3.38. The third-order valence-electron chi connectivity index (χ3n) is 5.04. The van der Waals surface area contributed by atoms with Crippen molar-refractivity contribution in [2.75, 3.05) is 25.6 Å². The average molecular weight is 464 g/mol. The Morgan fingerprint density at radius 2 is 1.64 bits per heavy atom. The van der Waals surface area contributed by atoms with Crippen LogP contribution in [0, 0.1) is 0 Å². The first-order valence-corrected chi connectivity index (χ1v) is 11.6. The fourth-order valence-corrected chi connectivity index (χ4v) is 4.65. The van der Waals surface area contributed by atoms with E-state index in [4.69, 9.17) is 18.6 Å². The lowest BCUT2D eigenvalue weighted by Gasteiger charge is -2.18. The van der Waals surface area contributed by atoms with Crippen LogP contribution in [0.1, 0.15) is 0 Å². The summed E-state index contributed by atoms with van der Waals surface area (Å²) in [4.78, 5) is 4.38. The molecular formula is C24H20N2O6S. The Morgan fingerprint density at radius 1 is 0.909 bits per heavy atom. The number of rotatable bonds is 6. The Balaban J connectivity index is 1.59. The fraction of sp³-hybridized carbons (Fsp3) is 0.125. The molecule has 0 radical (unpaired) electrons. The molecule has 0 atom stereocenters. The van der Waals surface area contributed by atoms with Gasteiger partial charge in [-0.1, -0.05) is 18.2 Å². The zero-order valence-corrected chi connectivity index (χ0v) is 18.5. The number of sulfone groups is 1. The van der Waals surface area contributed by atoms with Gasteiger partial charge in [0.25, 0.3) is 0 Å². The number of fused-ring (bicyclic) bond motifs is 1. The summed E-state index contributed by atoms with van der Waals surface area (Å²) in [6.45, 7) is 0.766. The van der Waals surface area contributed by atoms with Crippen LogP contribution in [0.2, 0.25) is 0 Å². The monoisotopic (exact) mass is 464 g/mol. The van der Waals surface area contributed by atoms with E-state index in [0.717, 1.165) is 0 Å². The summed E-state index contributed by atoms with van der Waals surface area (Å²) >= 11 is 0. The van der Waals surface area contributed by atoms with Gasteiger partial charge >= 0.3 is 0 Å². The maximum atomic E-state index is 13.6. The van der Waals surface area contributed by atoms with E-state index in [1.807, 2.05) is 18.2 Å². The van der Waals surface area contributed by atoms with Gasteiger partial charge in [0.15, 0.2) is 11.5 Å². The second-order valence-corrected chi connectivity index (χ2v) is 9.05. The first kappa shape index (κ1) is 20.9. The maximum Gasteiger partial charge on any atom is 0.238 e. The number of aromatic nitrogens is 1. The number of anilines is 2. The number of nitrogens with zero attached hydrogens (tertiary/aromatic N) is 1. The smallest absolute Gasteiger partial charge is 0.238 e. The van der Waals surface area contributed by atoms with E-state index in [2.05, 4.69) is 10.3 Å². The highest BCUT2D eigenvalue weighted by Gasteiger charge is 2.30. The molecule has 5 rings (SSSR count). The van der Waals surface area contributed by atoms with E-state index in [1.54, 1.807) is 49.6 Å². The molecule has 8 nitrogen and oxygen atoms in total. The minimum Gasteiger partial charge on any atom is -0.497 e. The van der Waals surface area contributed by atoms with Crippen LogP contribution in [-0.4, -0.2) is 33.7 Å². The summed E-state index contributed by atoms with van der Waals surface area (Å²) in [5.74, 6) is 1.74. The largest absolute Gasteiger partial charge is 0.497 e. The highest BCUT2D eigenvalue weighted by atomic mass is 32.2. The van der Waals surface area contributed by atoms with Crippen molar-refractivity contribution < 1.29 is 27.0 Å². The Morgan fingerprint density at radius 3 is 2.36 bits per heavy atom. The molecule has 4 aromatic rings. The van der Waals surface area contributed by atoms with E-state index >= 15 is 0 Å².